The highest BCUT2D eigenvalue weighted by molar-refractivity contribution is 6.07. The number of carbonyl (C=O) groups excluding carboxylic acids is 1. The van der Waals surface area contributed by atoms with Crippen molar-refractivity contribution in [2.45, 2.75) is 25.4 Å². The molecule has 2 aromatic carbocycles. The van der Waals surface area contributed by atoms with Gasteiger partial charge in [0.25, 0.3) is 0 Å². The Morgan fingerprint density at radius 3 is 2.37 bits per heavy atom. The van der Waals surface area contributed by atoms with Crippen molar-refractivity contribution < 1.29 is 4.79 Å². The molecule has 0 spiro atoms. The van der Waals surface area contributed by atoms with Crippen molar-refractivity contribution in [3.63, 3.8) is 0 Å². The van der Waals surface area contributed by atoms with Gasteiger partial charge >= 0.3 is 0 Å². The number of hydrogen-bond acceptors (Lipinski definition) is 2. The summed E-state index contributed by atoms with van der Waals surface area (Å²) in [6.45, 7) is 3.30. The van der Waals surface area contributed by atoms with E-state index in [0.717, 1.165) is 30.6 Å². The van der Waals surface area contributed by atoms with Gasteiger partial charge in [0.15, 0.2) is 5.78 Å². The molecule has 3 aromatic rings. The minimum Gasteiger partial charge on any atom is -0.349 e. The normalized spacial score (nSPS) is 19.7. The summed E-state index contributed by atoms with van der Waals surface area (Å²) in [5.74, 6) is 0.0278. The van der Waals surface area contributed by atoms with Gasteiger partial charge in [-0.2, -0.15) is 0 Å². The van der Waals surface area contributed by atoms with E-state index in [4.69, 9.17) is 0 Å². The Kier molecular flexibility index (Phi) is 4.68. The summed E-state index contributed by atoms with van der Waals surface area (Å²) < 4.78 is 2.28. The molecule has 3 heteroatoms. The second kappa shape index (κ2) is 7.28. The van der Waals surface area contributed by atoms with Gasteiger partial charge < -0.3 is 9.47 Å². The highest BCUT2D eigenvalue weighted by atomic mass is 16.1. The van der Waals surface area contributed by atoms with Gasteiger partial charge in [-0.25, -0.2) is 0 Å². The monoisotopic (exact) mass is 356 g/mol. The molecule has 1 fully saturated rings. The van der Waals surface area contributed by atoms with Gasteiger partial charge in [0.2, 0.25) is 0 Å². The van der Waals surface area contributed by atoms with Crippen molar-refractivity contribution in [3.8, 4) is 0 Å². The number of ketones is 1. The summed E-state index contributed by atoms with van der Waals surface area (Å²) in [7, 11) is 0. The predicted molar refractivity (Wildman–Crippen MR) is 111 cm³/mol. The van der Waals surface area contributed by atoms with E-state index in [9.17, 15) is 4.79 Å². The lowest BCUT2D eigenvalue weighted by Gasteiger charge is -2.38. The van der Waals surface area contributed by atoms with Gasteiger partial charge in [0.1, 0.15) is 5.66 Å². The molecule has 0 saturated carbocycles. The Bertz CT molecular complexity index is 926. The van der Waals surface area contributed by atoms with E-state index < -0.39 is 0 Å². The number of hydrogen-bond donors (Lipinski definition) is 0. The third kappa shape index (κ3) is 3.45. The fourth-order valence-electron chi connectivity index (χ4n) is 3.92. The Balaban J connectivity index is 1.52. The molecule has 0 aliphatic carbocycles. The molecule has 27 heavy (non-hydrogen) atoms. The average Bonchev–Trinajstić information content (AvgIpc) is 3.38. The highest BCUT2D eigenvalue weighted by Gasteiger charge is 2.37. The van der Waals surface area contributed by atoms with E-state index in [-0.39, 0.29) is 11.4 Å². The second-order valence-electron chi connectivity index (χ2n) is 7.22. The topological polar surface area (TPSA) is 25.2 Å². The molecule has 0 amide bonds. The van der Waals surface area contributed by atoms with Crippen LogP contribution in [0.4, 0.5) is 5.69 Å². The maximum absolute atomic E-state index is 12.5. The quantitative estimate of drug-likeness (QED) is 0.454. The minimum absolute atomic E-state index is 0.0278. The van der Waals surface area contributed by atoms with E-state index in [2.05, 4.69) is 53.0 Å². The molecule has 0 bridgehead atoms. The summed E-state index contributed by atoms with van der Waals surface area (Å²) in [5, 5.41) is 0. The lowest BCUT2D eigenvalue weighted by Crippen LogP contribution is -2.43. The highest BCUT2D eigenvalue weighted by Crippen LogP contribution is 2.37. The summed E-state index contributed by atoms with van der Waals surface area (Å²) in [5.41, 5.74) is 2.85. The van der Waals surface area contributed by atoms with Crippen molar-refractivity contribution in [2.24, 2.45) is 0 Å². The standard InChI is InChI=1S/C24H24N2O/c1-24(25-17-5-6-18-25)16-7-19-26(24)22-13-11-21(12-14-22)23(27)15-10-20-8-3-2-4-9-20/h2-6,8-15,17-18H,7,16,19H2,1H3/b15-10+. The minimum atomic E-state index is -0.0533. The first-order chi connectivity index (χ1) is 13.2. The lowest BCUT2D eigenvalue weighted by molar-refractivity contribution is 0.104. The van der Waals surface area contributed by atoms with E-state index in [1.807, 2.05) is 48.5 Å². The van der Waals surface area contributed by atoms with E-state index in [0.29, 0.717) is 5.56 Å². The summed E-state index contributed by atoms with van der Waals surface area (Å²) in [4.78, 5) is 14.9. The molecule has 1 atom stereocenters. The van der Waals surface area contributed by atoms with Crippen molar-refractivity contribution >= 4 is 17.5 Å². The molecule has 1 aliphatic rings. The molecule has 1 unspecified atom stereocenters. The van der Waals surface area contributed by atoms with Crippen LogP contribution in [-0.2, 0) is 5.66 Å². The number of carbonyl (C=O) groups is 1. The van der Waals surface area contributed by atoms with Gasteiger partial charge in [-0.3, -0.25) is 4.79 Å². The smallest absolute Gasteiger partial charge is 0.185 e. The average molecular weight is 356 g/mol. The zero-order valence-electron chi connectivity index (χ0n) is 15.6. The molecular weight excluding hydrogens is 332 g/mol. The van der Waals surface area contributed by atoms with Crippen LogP contribution in [0.3, 0.4) is 0 Å². The van der Waals surface area contributed by atoms with Crippen LogP contribution in [0.2, 0.25) is 0 Å². The number of rotatable bonds is 5. The SMILES string of the molecule is CC1(n2cccc2)CCCN1c1ccc(C(=O)/C=C/c2ccccc2)cc1. The fraction of sp³-hybridized carbons (Fsp3) is 0.208. The van der Waals surface area contributed by atoms with Crippen molar-refractivity contribution in [2.75, 3.05) is 11.4 Å². The number of anilines is 1. The van der Waals surface area contributed by atoms with Crippen LogP contribution in [0, 0.1) is 0 Å². The van der Waals surface area contributed by atoms with Gasteiger partial charge in [-0.1, -0.05) is 36.4 Å². The first-order valence-corrected chi connectivity index (χ1v) is 9.45. The van der Waals surface area contributed by atoms with Crippen LogP contribution < -0.4 is 4.90 Å². The molecule has 1 aromatic heterocycles. The van der Waals surface area contributed by atoms with Gasteiger partial charge in [-0.05, 0) is 67.8 Å². The number of nitrogens with zero attached hydrogens (tertiary/aromatic N) is 2. The van der Waals surface area contributed by atoms with E-state index in [1.165, 1.54) is 0 Å². The maximum Gasteiger partial charge on any atom is 0.185 e. The van der Waals surface area contributed by atoms with Gasteiger partial charge in [0.05, 0.1) is 0 Å². The van der Waals surface area contributed by atoms with Crippen LogP contribution in [0.25, 0.3) is 6.08 Å². The third-order valence-electron chi connectivity index (χ3n) is 5.46. The molecule has 136 valence electrons. The van der Waals surface area contributed by atoms with Crippen LogP contribution in [0.5, 0.6) is 0 Å². The van der Waals surface area contributed by atoms with E-state index >= 15 is 0 Å². The third-order valence-corrected chi connectivity index (χ3v) is 5.46. The maximum atomic E-state index is 12.5. The second-order valence-corrected chi connectivity index (χ2v) is 7.22. The summed E-state index contributed by atoms with van der Waals surface area (Å²) in [6.07, 6.45) is 10.0. The molecule has 4 rings (SSSR count). The molecule has 3 nitrogen and oxygen atoms in total. The van der Waals surface area contributed by atoms with Crippen molar-refractivity contribution in [3.05, 3.63) is 96.3 Å². The summed E-state index contributed by atoms with van der Waals surface area (Å²) in [6, 6.07) is 22.0. The van der Waals surface area contributed by atoms with Crippen LogP contribution in [0.1, 0.15) is 35.7 Å². The Hall–Kier alpha value is -3.07. The van der Waals surface area contributed by atoms with Crippen molar-refractivity contribution in [1.82, 2.24) is 4.57 Å². The predicted octanol–water partition coefficient (Wildman–Crippen LogP) is 5.36. The van der Waals surface area contributed by atoms with E-state index in [1.54, 1.807) is 6.08 Å². The Labute approximate surface area is 160 Å². The van der Waals surface area contributed by atoms with Crippen LogP contribution in [-0.4, -0.2) is 16.9 Å². The van der Waals surface area contributed by atoms with Gasteiger partial charge in [0, 0.05) is 30.2 Å². The molecule has 0 radical (unpaired) electrons. The van der Waals surface area contributed by atoms with Crippen LogP contribution >= 0.6 is 0 Å². The molecule has 0 N–H and O–H groups in total. The zero-order valence-corrected chi connectivity index (χ0v) is 15.6. The molecule has 2 heterocycles. The zero-order chi connectivity index (χ0) is 18.7. The summed E-state index contributed by atoms with van der Waals surface area (Å²) >= 11 is 0. The lowest BCUT2D eigenvalue weighted by atomic mass is 10.1. The van der Waals surface area contributed by atoms with Gasteiger partial charge in [-0.15, -0.1) is 0 Å². The van der Waals surface area contributed by atoms with Crippen LogP contribution in [0.15, 0.2) is 85.2 Å². The molecular formula is C24H24N2O. The fourth-order valence-corrected chi connectivity index (χ4v) is 3.92. The molecule has 1 aliphatic heterocycles. The number of allylic oxidation sites excluding steroid dienone is 1. The molecule has 1 saturated heterocycles. The Morgan fingerprint density at radius 2 is 1.67 bits per heavy atom. The Morgan fingerprint density at radius 1 is 0.963 bits per heavy atom. The largest absolute Gasteiger partial charge is 0.349 e. The number of benzene rings is 2. The first kappa shape index (κ1) is 17.3. The number of aromatic nitrogens is 1. The first-order valence-electron chi connectivity index (χ1n) is 9.45. The van der Waals surface area contributed by atoms with Crippen molar-refractivity contribution in [1.29, 1.82) is 0 Å².